The number of nitrogens with zero attached hydrogens (tertiary/aromatic N) is 1. The minimum Gasteiger partial charge on any atom is -0.306 e. The fourth-order valence-electron chi connectivity index (χ4n) is 3.33. The number of hydrogen-bond donors (Lipinski definition) is 5. The van der Waals surface area contributed by atoms with Gasteiger partial charge in [0.1, 0.15) is 7.05 Å². The Morgan fingerprint density at radius 3 is 2.39 bits per heavy atom. The van der Waals surface area contributed by atoms with E-state index in [1.165, 1.54) is 0 Å². The zero-order chi connectivity index (χ0) is 20.5. The molecule has 7 nitrogen and oxygen atoms in total. The third-order valence-corrected chi connectivity index (χ3v) is 4.92. The number of nitrogens with one attached hydrogen (secondary N) is 3. The lowest BCUT2D eigenvalue weighted by atomic mass is 9.95. The van der Waals surface area contributed by atoms with Crippen LogP contribution in [0, 0.1) is 12.8 Å². The molecule has 2 aromatic carbocycles. The van der Waals surface area contributed by atoms with E-state index in [2.05, 4.69) is 30.3 Å². The molecule has 1 amide bonds. The largest absolute Gasteiger partial charge is 0.306 e. The number of rotatable bonds is 6. The Morgan fingerprint density at radius 1 is 1.11 bits per heavy atom. The second-order valence-electron chi connectivity index (χ2n) is 7.62. The number of amides is 1. The van der Waals surface area contributed by atoms with E-state index < -0.39 is 10.7 Å². The van der Waals surface area contributed by atoms with Crippen LogP contribution in [-0.2, 0) is 0 Å². The van der Waals surface area contributed by atoms with E-state index in [0.29, 0.717) is 11.4 Å². The molecule has 0 aliphatic heterocycles. The predicted molar refractivity (Wildman–Crippen MR) is 109 cm³/mol. The first kappa shape index (κ1) is 20.0. The van der Waals surface area contributed by atoms with E-state index >= 15 is 0 Å². The zero-order valence-corrected chi connectivity index (χ0v) is 16.5. The minimum atomic E-state index is -0.559. The molecule has 2 unspecified atom stereocenters. The van der Waals surface area contributed by atoms with Crippen molar-refractivity contribution in [1.29, 1.82) is 0 Å². The van der Waals surface area contributed by atoms with Crippen LogP contribution >= 0.6 is 0 Å². The number of aromatic nitrogens is 1. The number of carbonyl (C=O) groups is 1. The molecule has 3 rings (SSSR count). The molecule has 0 aliphatic rings. The van der Waals surface area contributed by atoms with Crippen LogP contribution in [0.4, 0.5) is 5.82 Å². The van der Waals surface area contributed by atoms with E-state index in [9.17, 15) is 10.0 Å². The molecular weight excluding hydrogens is 356 g/mol. The number of carbonyl (C=O) groups excluding carboxylic acids is 1. The average molecular weight is 383 g/mol. The van der Waals surface area contributed by atoms with Crippen molar-refractivity contribution < 1.29 is 15.2 Å². The molecule has 1 heterocycles. The Labute approximate surface area is 164 Å². The molecular formula is C21H27N4O3+. The van der Waals surface area contributed by atoms with Gasteiger partial charge in [-0.2, -0.15) is 5.21 Å². The minimum absolute atomic E-state index is 0.172. The molecule has 0 spiro atoms. The van der Waals surface area contributed by atoms with Gasteiger partial charge in [-0.1, -0.05) is 42.4 Å². The zero-order valence-electron chi connectivity index (χ0n) is 16.5. The third-order valence-electron chi connectivity index (χ3n) is 4.92. The number of aryl methyl sites for hydroxylation is 1. The summed E-state index contributed by atoms with van der Waals surface area (Å²) in [6, 6.07) is 14.8. The van der Waals surface area contributed by atoms with Crippen LogP contribution in [-0.4, -0.2) is 28.4 Å². The van der Waals surface area contributed by atoms with Crippen molar-refractivity contribution in [3.8, 4) is 0 Å². The summed E-state index contributed by atoms with van der Waals surface area (Å²) in [6.45, 7) is 6.15. The predicted octanol–water partition coefficient (Wildman–Crippen LogP) is 3.82. The fraction of sp³-hybridized carbons (Fsp3) is 0.286. The monoisotopic (exact) mass is 383 g/mol. The molecule has 0 fully saturated rings. The van der Waals surface area contributed by atoms with E-state index in [1.807, 2.05) is 37.3 Å². The highest BCUT2D eigenvalue weighted by Crippen LogP contribution is 2.28. The molecule has 5 N–H and O–H groups in total. The average Bonchev–Trinajstić information content (AvgIpc) is 3.09. The van der Waals surface area contributed by atoms with Gasteiger partial charge in [0.2, 0.25) is 0 Å². The molecule has 0 radical (unpaired) electrons. The standard InChI is InChI=1S/C21H26N4O3/c1-13(2)20(15-6-8-16(9-7-15)21(26)24-27)23-25(4,28)19-12-17-11-14(3)5-10-18(17)22-19/h5-13,20,22-23,28H,1-4H3,(H-,24,26,27)/p+1. The number of hydroxylamine groups is 2. The summed E-state index contributed by atoms with van der Waals surface area (Å²) in [4.78, 5) is 14.8. The number of H-pyrrole nitrogens is 1. The van der Waals surface area contributed by atoms with Crippen molar-refractivity contribution in [1.82, 2.24) is 20.6 Å². The maximum atomic E-state index is 11.5. The smallest absolute Gasteiger partial charge is 0.274 e. The van der Waals surface area contributed by atoms with Crippen molar-refractivity contribution in [2.75, 3.05) is 7.05 Å². The SMILES string of the molecule is Cc1ccc2[nH]c([N+](C)(O)NC(c3ccc(C(=O)NO)cc3)C(C)C)cc2c1. The lowest BCUT2D eigenvalue weighted by molar-refractivity contribution is -0.118. The molecule has 0 bridgehead atoms. The lowest BCUT2D eigenvalue weighted by Crippen LogP contribution is -2.56. The number of benzene rings is 2. The molecule has 3 aromatic rings. The van der Waals surface area contributed by atoms with Crippen molar-refractivity contribution >= 4 is 22.6 Å². The molecule has 1 aromatic heterocycles. The van der Waals surface area contributed by atoms with Crippen LogP contribution in [0.1, 0.15) is 41.4 Å². The van der Waals surface area contributed by atoms with E-state index in [0.717, 1.165) is 22.0 Å². The third kappa shape index (κ3) is 4.07. The fourth-order valence-corrected chi connectivity index (χ4v) is 3.33. The van der Waals surface area contributed by atoms with Gasteiger partial charge < -0.3 is 4.98 Å². The maximum absolute atomic E-state index is 11.5. The molecule has 7 heteroatoms. The van der Waals surface area contributed by atoms with E-state index in [4.69, 9.17) is 5.21 Å². The summed E-state index contributed by atoms with van der Waals surface area (Å²) in [5, 5.41) is 20.9. The van der Waals surface area contributed by atoms with Crippen LogP contribution in [0.15, 0.2) is 48.5 Å². The van der Waals surface area contributed by atoms with Gasteiger partial charge >= 0.3 is 0 Å². The number of fused-ring (bicyclic) bond motifs is 1. The summed E-state index contributed by atoms with van der Waals surface area (Å²) in [7, 11) is 1.67. The Morgan fingerprint density at radius 2 is 1.79 bits per heavy atom. The van der Waals surface area contributed by atoms with Crippen molar-refractivity contribution in [3.05, 3.63) is 65.2 Å². The number of aromatic amines is 1. The Balaban J connectivity index is 1.88. The van der Waals surface area contributed by atoms with Crippen molar-refractivity contribution in [2.24, 2.45) is 5.92 Å². The highest BCUT2D eigenvalue weighted by Gasteiger charge is 2.32. The molecule has 0 saturated heterocycles. The topological polar surface area (TPSA) is 97.4 Å². The first-order chi connectivity index (χ1) is 13.2. The van der Waals surface area contributed by atoms with E-state index in [-0.39, 0.29) is 12.0 Å². The van der Waals surface area contributed by atoms with Crippen LogP contribution in [0.5, 0.6) is 0 Å². The van der Waals surface area contributed by atoms with Crippen LogP contribution in [0.3, 0.4) is 0 Å². The summed E-state index contributed by atoms with van der Waals surface area (Å²) in [6.07, 6.45) is 0. The van der Waals surface area contributed by atoms with Crippen LogP contribution < -0.4 is 15.7 Å². The summed E-state index contributed by atoms with van der Waals surface area (Å²) >= 11 is 0. The molecule has 148 valence electrons. The van der Waals surface area contributed by atoms with E-state index in [1.54, 1.807) is 24.7 Å². The summed E-state index contributed by atoms with van der Waals surface area (Å²) in [5.41, 5.74) is 8.31. The highest BCUT2D eigenvalue weighted by atomic mass is 16.6. The van der Waals surface area contributed by atoms with Gasteiger partial charge in [-0.25, -0.2) is 5.48 Å². The van der Waals surface area contributed by atoms with Crippen LogP contribution in [0.25, 0.3) is 10.9 Å². The highest BCUT2D eigenvalue weighted by molar-refractivity contribution is 5.93. The maximum Gasteiger partial charge on any atom is 0.274 e. The number of hydrogen-bond acceptors (Lipinski definition) is 4. The second kappa shape index (κ2) is 7.73. The normalized spacial score (nSPS) is 14.8. The summed E-state index contributed by atoms with van der Waals surface area (Å²) < 4.78 is -0.518. The van der Waals surface area contributed by atoms with Crippen molar-refractivity contribution in [2.45, 2.75) is 26.8 Å². The van der Waals surface area contributed by atoms with Gasteiger partial charge in [0.15, 0.2) is 0 Å². The first-order valence-electron chi connectivity index (χ1n) is 9.22. The molecule has 0 saturated carbocycles. The first-order valence-corrected chi connectivity index (χ1v) is 9.22. The summed E-state index contributed by atoms with van der Waals surface area (Å²) in [5.74, 6) is 0.244. The quantitative estimate of drug-likeness (QED) is 0.254. The second-order valence-corrected chi connectivity index (χ2v) is 7.62. The van der Waals surface area contributed by atoms with Gasteiger partial charge in [-0.15, -0.1) is 5.43 Å². The molecule has 0 aliphatic carbocycles. The van der Waals surface area contributed by atoms with Crippen molar-refractivity contribution in [3.63, 3.8) is 0 Å². The lowest BCUT2D eigenvalue weighted by Gasteiger charge is -2.31. The Hall–Kier alpha value is -2.71. The molecule has 2 atom stereocenters. The van der Waals surface area contributed by atoms with Crippen LogP contribution in [0.2, 0.25) is 0 Å². The van der Waals surface area contributed by atoms with Gasteiger partial charge in [-0.3, -0.25) is 10.0 Å². The van der Waals surface area contributed by atoms with Gasteiger partial charge in [0, 0.05) is 17.0 Å². The Kier molecular flexibility index (Phi) is 5.53. The van der Waals surface area contributed by atoms with Gasteiger partial charge in [0.25, 0.3) is 11.7 Å². The van der Waals surface area contributed by atoms with Gasteiger partial charge in [0.05, 0.1) is 11.6 Å². The molecule has 28 heavy (non-hydrogen) atoms. The van der Waals surface area contributed by atoms with Gasteiger partial charge in [-0.05, 0) is 42.7 Å². The Bertz CT molecular complexity index is 977. The number of quaternary nitrogens is 1.